The van der Waals surface area contributed by atoms with Gasteiger partial charge in [-0.1, -0.05) is 18.2 Å². The Balaban J connectivity index is 1.78. The van der Waals surface area contributed by atoms with Gasteiger partial charge in [0.05, 0.1) is 35.8 Å². The zero-order chi connectivity index (χ0) is 23.4. The van der Waals surface area contributed by atoms with Crippen molar-refractivity contribution < 1.29 is 23.1 Å². The number of fused-ring (bicyclic) bond motifs is 1. The van der Waals surface area contributed by atoms with Crippen molar-refractivity contribution >= 4 is 44.1 Å². The topological polar surface area (TPSA) is 135 Å². The van der Waals surface area contributed by atoms with E-state index in [2.05, 4.69) is 20.0 Å². The summed E-state index contributed by atoms with van der Waals surface area (Å²) in [7, 11) is -0.986. The van der Waals surface area contributed by atoms with Crippen molar-refractivity contribution in [3.05, 3.63) is 66.7 Å². The van der Waals surface area contributed by atoms with Crippen molar-refractivity contribution in [3.63, 3.8) is 0 Å². The highest BCUT2D eigenvalue weighted by Gasteiger charge is 2.20. The first-order valence-corrected chi connectivity index (χ1v) is 11.2. The first-order valence-electron chi connectivity index (χ1n) is 9.72. The Kier molecular flexibility index (Phi) is 6.16. The number of hydrogen-bond donors (Lipinski definition) is 4. The lowest BCUT2D eigenvalue weighted by Gasteiger charge is -2.15. The Labute approximate surface area is 190 Å². The molecule has 0 amide bonds. The third-order valence-corrected chi connectivity index (χ3v) is 6.03. The van der Waals surface area contributed by atoms with E-state index in [4.69, 9.17) is 14.7 Å². The Morgan fingerprint density at radius 3 is 2.03 bits per heavy atom. The molecule has 33 heavy (non-hydrogen) atoms. The number of anilines is 4. The number of nitrogens with one attached hydrogen (secondary N) is 3. The average molecular weight is 468 g/mol. The van der Waals surface area contributed by atoms with Gasteiger partial charge in [-0.05, 0) is 30.3 Å². The zero-order valence-electron chi connectivity index (χ0n) is 17.7. The molecule has 1 aromatic heterocycles. The largest absolute Gasteiger partial charge is 0.497 e. The van der Waals surface area contributed by atoms with E-state index in [9.17, 15) is 8.42 Å². The number of sulfonamides is 1. The molecule has 0 fully saturated rings. The van der Waals surface area contributed by atoms with E-state index in [1.807, 2.05) is 11.5 Å². The van der Waals surface area contributed by atoms with Crippen LogP contribution >= 0.6 is 0 Å². The summed E-state index contributed by atoms with van der Waals surface area (Å²) in [6.45, 7) is 0. The molecular formula is C22H21N5O5S. The SMILES string of the molecule is COc1cc(Nc2nc3ccccc3nc2NS(=O)(=O)c2cccc(NO)c2)cc(OC)c1. The third kappa shape index (κ3) is 4.89. The minimum Gasteiger partial charge on any atom is -0.497 e. The average Bonchev–Trinajstić information content (AvgIpc) is 2.84. The molecule has 11 heteroatoms. The predicted molar refractivity (Wildman–Crippen MR) is 125 cm³/mol. The Morgan fingerprint density at radius 1 is 0.788 bits per heavy atom. The fourth-order valence-corrected chi connectivity index (χ4v) is 4.15. The van der Waals surface area contributed by atoms with Crippen molar-refractivity contribution in [2.45, 2.75) is 4.90 Å². The van der Waals surface area contributed by atoms with E-state index in [0.717, 1.165) is 0 Å². The summed E-state index contributed by atoms with van der Waals surface area (Å²) < 4.78 is 39.2. The normalized spacial score (nSPS) is 11.1. The molecule has 0 spiro atoms. The highest BCUT2D eigenvalue weighted by atomic mass is 32.2. The first kappa shape index (κ1) is 22.1. The maximum absolute atomic E-state index is 13.1. The van der Waals surface area contributed by atoms with Crippen LogP contribution in [0.3, 0.4) is 0 Å². The van der Waals surface area contributed by atoms with Crippen LogP contribution in [-0.4, -0.2) is 37.8 Å². The molecule has 0 radical (unpaired) electrons. The van der Waals surface area contributed by atoms with Gasteiger partial charge in [0.1, 0.15) is 11.5 Å². The van der Waals surface area contributed by atoms with Crippen molar-refractivity contribution in [3.8, 4) is 11.5 Å². The van der Waals surface area contributed by atoms with Crippen LogP contribution in [0.5, 0.6) is 11.5 Å². The molecule has 0 bridgehead atoms. The smallest absolute Gasteiger partial charge is 0.263 e. The van der Waals surface area contributed by atoms with E-state index < -0.39 is 10.0 Å². The molecule has 0 saturated carbocycles. The van der Waals surface area contributed by atoms with Gasteiger partial charge >= 0.3 is 0 Å². The van der Waals surface area contributed by atoms with Crippen molar-refractivity contribution in [2.24, 2.45) is 0 Å². The summed E-state index contributed by atoms with van der Waals surface area (Å²) in [5, 5.41) is 12.2. The van der Waals surface area contributed by atoms with Gasteiger partial charge in [0.15, 0.2) is 11.6 Å². The molecule has 0 atom stereocenters. The fourth-order valence-electron chi connectivity index (χ4n) is 3.09. The van der Waals surface area contributed by atoms with Crippen LogP contribution in [0.1, 0.15) is 0 Å². The van der Waals surface area contributed by atoms with Gasteiger partial charge in [-0.15, -0.1) is 0 Å². The van der Waals surface area contributed by atoms with Gasteiger partial charge in [-0.3, -0.25) is 15.4 Å². The number of aromatic nitrogens is 2. The summed E-state index contributed by atoms with van der Waals surface area (Å²) >= 11 is 0. The molecule has 170 valence electrons. The minimum absolute atomic E-state index is 0.00199. The third-order valence-electron chi connectivity index (χ3n) is 4.69. The number of rotatable bonds is 8. The van der Waals surface area contributed by atoms with Gasteiger partial charge in [0, 0.05) is 23.9 Å². The molecule has 0 unspecified atom stereocenters. The Morgan fingerprint density at radius 2 is 1.42 bits per heavy atom. The van der Waals surface area contributed by atoms with Crippen LogP contribution in [0.4, 0.5) is 23.0 Å². The maximum atomic E-state index is 13.1. The summed E-state index contributed by atoms with van der Waals surface area (Å²) in [6.07, 6.45) is 0. The molecule has 0 aliphatic rings. The van der Waals surface area contributed by atoms with Crippen LogP contribution in [-0.2, 0) is 10.0 Å². The van der Waals surface area contributed by atoms with Gasteiger partial charge in [-0.2, -0.15) is 0 Å². The Hall–Kier alpha value is -4.09. The monoisotopic (exact) mass is 467 g/mol. The molecule has 1 heterocycles. The Bertz CT molecular complexity index is 1390. The summed E-state index contributed by atoms with van der Waals surface area (Å²) in [6, 6.07) is 18.0. The second-order valence-electron chi connectivity index (χ2n) is 6.88. The molecule has 4 N–H and O–H groups in total. The summed E-state index contributed by atoms with van der Waals surface area (Å²) in [4.78, 5) is 8.96. The molecule has 0 aliphatic carbocycles. The second-order valence-corrected chi connectivity index (χ2v) is 8.56. The highest BCUT2D eigenvalue weighted by Crippen LogP contribution is 2.31. The van der Waals surface area contributed by atoms with Gasteiger partial charge < -0.3 is 14.8 Å². The van der Waals surface area contributed by atoms with Gasteiger partial charge in [-0.25, -0.2) is 18.4 Å². The standard InChI is InChI=1S/C22H21N5O5S/c1-31-16-10-15(11-17(13-16)32-2)23-21-22(25-20-9-4-3-8-19(20)24-21)27-33(29,30)18-7-5-6-14(12-18)26-28/h3-13,26,28H,1-2H3,(H,23,24)(H,25,27). The predicted octanol–water partition coefficient (Wildman–Crippen LogP) is 3.99. The number of methoxy groups -OCH3 is 2. The first-order chi connectivity index (χ1) is 15.9. The van der Waals surface area contributed by atoms with E-state index in [1.54, 1.807) is 36.4 Å². The van der Waals surface area contributed by atoms with Crippen molar-refractivity contribution in [1.29, 1.82) is 0 Å². The number of ether oxygens (including phenoxy) is 2. The van der Waals surface area contributed by atoms with Gasteiger partial charge in [0.25, 0.3) is 10.0 Å². The number of benzene rings is 3. The molecule has 10 nitrogen and oxygen atoms in total. The lowest BCUT2D eigenvalue weighted by molar-refractivity contribution is 0.388. The van der Waals surface area contributed by atoms with E-state index >= 15 is 0 Å². The highest BCUT2D eigenvalue weighted by molar-refractivity contribution is 7.92. The van der Waals surface area contributed by atoms with E-state index in [0.29, 0.717) is 28.2 Å². The van der Waals surface area contributed by atoms with Crippen LogP contribution in [0.2, 0.25) is 0 Å². The fraction of sp³-hybridized carbons (Fsp3) is 0.0909. The molecule has 4 rings (SSSR count). The van der Waals surface area contributed by atoms with Gasteiger partial charge in [0.2, 0.25) is 0 Å². The van der Waals surface area contributed by atoms with Crippen molar-refractivity contribution in [1.82, 2.24) is 9.97 Å². The maximum Gasteiger partial charge on any atom is 0.263 e. The lowest BCUT2D eigenvalue weighted by Crippen LogP contribution is -2.16. The summed E-state index contributed by atoms with van der Waals surface area (Å²) in [5.41, 5.74) is 3.80. The molecule has 0 aliphatic heterocycles. The number of para-hydroxylation sites is 2. The number of nitrogens with zero attached hydrogens (tertiary/aromatic N) is 2. The zero-order valence-corrected chi connectivity index (χ0v) is 18.6. The molecule has 4 aromatic rings. The van der Waals surface area contributed by atoms with Crippen LogP contribution in [0.25, 0.3) is 11.0 Å². The lowest BCUT2D eigenvalue weighted by atomic mass is 10.2. The summed E-state index contributed by atoms with van der Waals surface area (Å²) in [5.74, 6) is 1.27. The molecular weight excluding hydrogens is 446 g/mol. The van der Waals surface area contributed by atoms with E-state index in [1.165, 1.54) is 38.5 Å². The number of hydrogen-bond acceptors (Lipinski definition) is 9. The minimum atomic E-state index is -4.05. The van der Waals surface area contributed by atoms with Crippen LogP contribution in [0.15, 0.2) is 71.6 Å². The van der Waals surface area contributed by atoms with Crippen molar-refractivity contribution in [2.75, 3.05) is 29.7 Å². The van der Waals surface area contributed by atoms with Crippen LogP contribution < -0.4 is 25.0 Å². The van der Waals surface area contributed by atoms with E-state index in [-0.39, 0.29) is 22.2 Å². The van der Waals surface area contributed by atoms with Crippen LogP contribution in [0, 0.1) is 0 Å². The quantitative estimate of drug-likeness (QED) is 0.284. The molecule has 3 aromatic carbocycles. The second kappa shape index (κ2) is 9.18. The molecule has 0 saturated heterocycles.